The number of rotatable bonds is 6. The van der Waals surface area contributed by atoms with E-state index < -0.39 is 24.2 Å². The molecule has 0 saturated carbocycles. The zero-order valence-corrected chi connectivity index (χ0v) is 56.3. The molecular formula is C90H79N3S. The number of fused-ring (bicyclic) bond motifs is 13. The van der Waals surface area contributed by atoms with Crippen LogP contribution in [0.4, 0.5) is 17.1 Å². The van der Waals surface area contributed by atoms with Crippen LogP contribution in [0.3, 0.4) is 0 Å². The van der Waals surface area contributed by atoms with E-state index in [1.807, 2.05) is 6.07 Å². The van der Waals surface area contributed by atoms with Gasteiger partial charge in [0.05, 0.1) is 50.1 Å². The van der Waals surface area contributed by atoms with E-state index in [0.29, 0.717) is 12.1 Å². The molecule has 1 atom stereocenters. The molecule has 0 amide bonds. The fourth-order valence-electron chi connectivity index (χ4n) is 15.2. The maximum atomic E-state index is 9.84. The molecule has 94 heavy (non-hydrogen) atoms. The van der Waals surface area contributed by atoms with Gasteiger partial charge in [-0.2, -0.15) is 0 Å². The summed E-state index contributed by atoms with van der Waals surface area (Å²) in [4.78, 5) is 2.51. The van der Waals surface area contributed by atoms with E-state index in [9.17, 15) is 8.22 Å². The highest BCUT2D eigenvalue weighted by Gasteiger charge is 2.41. The first kappa shape index (κ1) is 49.8. The molecule has 0 saturated heterocycles. The van der Waals surface area contributed by atoms with E-state index in [2.05, 4.69) is 281 Å². The Hall–Kier alpha value is -9.74. The van der Waals surface area contributed by atoms with Crippen LogP contribution in [0.15, 0.2) is 242 Å². The number of aromatic nitrogens is 2. The summed E-state index contributed by atoms with van der Waals surface area (Å²) in [6, 6.07) is 68.7. The molecule has 460 valence electrons. The molecule has 0 fully saturated rings. The molecule has 0 bridgehead atoms. The van der Waals surface area contributed by atoms with Gasteiger partial charge in [0, 0.05) is 70.1 Å². The van der Waals surface area contributed by atoms with Gasteiger partial charge in [-0.25, -0.2) is 0 Å². The molecule has 12 aromatic carbocycles. The number of benzene rings is 12. The summed E-state index contributed by atoms with van der Waals surface area (Å²) in [5.74, 6) is -0.374. The smallest absolute Gasteiger partial charge is 0.0645 e. The van der Waals surface area contributed by atoms with Crippen molar-refractivity contribution in [3.05, 3.63) is 293 Å². The molecule has 1 aliphatic heterocycles. The van der Waals surface area contributed by atoms with Crippen molar-refractivity contribution in [3.63, 3.8) is 0 Å². The second-order valence-corrected chi connectivity index (χ2v) is 31.5. The van der Waals surface area contributed by atoms with Gasteiger partial charge >= 0.3 is 0 Å². The SMILES string of the molecule is [2H]c1c([2H])c([2H])c2c(c1[2H])c1c([2H])c([2H])c([2H])c([2H])c1n2-c1ccc2c(c1)N(c1c(-c3ccccc3)cc3sc4ccccc4c3c1-c1ccccc1)c1cc(-n3c4ccc(C(C)(C)C)cc4c4cc(C(C)(C)C)ccc43)cc3c1C2c1cc(-c2cc(C(C)(C)C)cc(C(C)(C)C)c2)ccc1C3. The van der Waals surface area contributed by atoms with Crippen molar-refractivity contribution in [2.24, 2.45) is 0 Å². The Kier molecular flexibility index (Phi) is 11.1. The lowest BCUT2D eigenvalue weighted by molar-refractivity contribution is 0.569. The van der Waals surface area contributed by atoms with Crippen LogP contribution in [-0.4, -0.2) is 9.13 Å². The van der Waals surface area contributed by atoms with Gasteiger partial charge in [-0.15, -0.1) is 11.3 Å². The van der Waals surface area contributed by atoms with Gasteiger partial charge in [-0.3, -0.25) is 0 Å². The quantitative estimate of drug-likeness (QED) is 0.162. The third-order valence-electron chi connectivity index (χ3n) is 20.2. The van der Waals surface area contributed by atoms with Crippen molar-refractivity contribution in [2.45, 2.75) is 117 Å². The van der Waals surface area contributed by atoms with Gasteiger partial charge in [0.2, 0.25) is 0 Å². The fraction of sp³-hybridized carbons (Fsp3) is 0.200. The number of anilines is 3. The van der Waals surface area contributed by atoms with E-state index in [1.165, 1.54) is 55.3 Å². The minimum atomic E-state index is -0.486. The Balaban J connectivity index is 1.07. The summed E-state index contributed by atoms with van der Waals surface area (Å²) in [5.41, 5.74) is 23.0. The van der Waals surface area contributed by atoms with Crippen molar-refractivity contribution in [1.82, 2.24) is 9.13 Å². The van der Waals surface area contributed by atoms with Crippen LogP contribution in [0, 0.1) is 0 Å². The number of hydrogen-bond donors (Lipinski definition) is 0. The Bertz CT molecular complexity index is 5950. The monoisotopic (exact) mass is 1240 g/mol. The molecule has 2 aliphatic rings. The molecule has 0 N–H and O–H groups in total. The summed E-state index contributed by atoms with van der Waals surface area (Å²) < 4.78 is 81.9. The van der Waals surface area contributed by atoms with Gasteiger partial charge in [0.1, 0.15) is 0 Å². The number of thiophene rings is 1. The standard InChI is InChI=1S/C90H79N3S/c1-87(2,3)60-37-41-76-72(49-60)73-50-61(88(4,5)6)38-42-77(73)92(76)65-46-59-43-57-36-35-56(58-44-62(89(7,8)9)48-63(45-58)90(10,11)12)47-70(57)84-68-40-39-64(91-74-32-22-19-29-66(74)67-30-20-23-33-75(67)91)51-78(68)93(79(52-65)82(59)84)86-71(54-25-15-13-16-26-54)53-81-85(69-31-21-24-34-80(69)94-81)83(86)55-27-17-14-18-28-55/h13-42,44-53,84H,43H2,1-12H3/i19D,20D,22D,23D,29D,30D,32D,33D. The molecule has 4 heteroatoms. The minimum Gasteiger partial charge on any atom is -0.309 e. The maximum Gasteiger partial charge on any atom is 0.0645 e. The minimum absolute atomic E-state index is 0.0269. The Morgan fingerprint density at radius 3 is 1.56 bits per heavy atom. The summed E-state index contributed by atoms with van der Waals surface area (Å²) in [7, 11) is 0. The fourth-order valence-corrected chi connectivity index (χ4v) is 16.4. The van der Waals surface area contributed by atoms with E-state index in [1.54, 1.807) is 15.9 Å². The van der Waals surface area contributed by atoms with Crippen molar-refractivity contribution in [1.29, 1.82) is 0 Å². The third-order valence-corrected chi connectivity index (χ3v) is 21.3. The van der Waals surface area contributed by atoms with Crippen LogP contribution >= 0.6 is 11.3 Å². The molecule has 17 rings (SSSR count). The number of nitrogens with zero attached hydrogens (tertiary/aromatic N) is 3. The predicted octanol–water partition coefficient (Wildman–Crippen LogP) is 25.3. The lowest BCUT2D eigenvalue weighted by Crippen LogP contribution is -2.28. The van der Waals surface area contributed by atoms with Gasteiger partial charge in [-0.1, -0.05) is 247 Å². The van der Waals surface area contributed by atoms with Gasteiger partial charge < -0.3 is 14.0 Å². The second kappa shape index (κ2) is 20.9. The van der Waals surface area contributed by atoms with E-state index in [-0.39, 0.29) is 73.6 Å². The molecule has 1 unspecified atom stereocenters. The Morgan fingerprint density at radius 2 is 0.947 bits per heavy atom. The molecule has 0 radical (unpaired) electrons. The predicted molar refractivity (Wildman–Crippen MR) is 404 cm³/mol. The average molecular weight is 1240 g/mol. The summed E-state index contributed by atoms with van der Waals surface area (Å²) in [6.07, 6.45) is 0.634. The largest absolute Gasteiger partial charge is 0.309 e. The highest BCUT2D eigenvalue weighted by Crippen LogP contribution is 2.61. The highest BCUT2D eigenvalue weighted by atomic mass is 32.1. The maximum absolute atomic E-state index is 9.84. The Morgan fingerprint density at radius 1 is 0.383 bits per heavy atom. The lowest BCUT2D eigenvalue weighted by atomic mass is 9.70. The van der Waals surface area contributed by atoms with E-state index in [0.717, 1.165) is 92.9 Å². The van der Waals surface area contributed by atoms with Crippen LogP contribution in [0.5, 0.6) is 0 Å². The van der Waals surface area contributed by atoms with Crippen LogP contribution in [0.25, 0.3) is 109 Å². The first-order valence-corrected chi connectivity index (χ1v) is 33.9. The molecule has 1 aliphatic carbocycles. The van der Waals surface area contributed by atoms with Crippen LogP contribution in [0.1, 0.15) is 150 Å². The first-order valence-electron chi connectivity index (χ1n) is 37.1. The van der Waals surface area contributed by atoms with Crippen molar-refractivity contribution in [3.8, 4) is 44.8 Å². The van der Waals surface area contributed by atoms with Crippen LogP contribution < -0.4 is 4.90 Å². The van der Waals surface area contributed by atoms with E-state index in [4.69, 9.17) is 2.74 Å². The van der Waals surface area contributed by atoms with Crippen molar-refractivity contribution < 1.29 is 11.0 Å². The Labute approximate surface area is 568 Å². The summed E-state index contributed by atoms with van der Waals surface area (Å²) in [5, 5.41) is 4.66. The normalized spacial score (nSPS) is 15.4. The molecule has 4 heterocycles. The van der Waals surface area contributed by atoms with Gasteiger partial charge in [0.15, 0.2) is 0 Å². The molecule has 3 nitrogen and oxygen atoms in total. The topological polar surface area (TPSA) is 13.1 Å². The average Bonchev–Trinajstić information content (AvgIpc) is 1.37. The van der Waals surface area contributed by atoms with Crippen LogP contribution in [-0.2, 0) is 28.1 Å². The van der Waals surface area contributed by atoms with Crippen molar-refractivity contribution >= 4 is 92.2 Å². The second-order valence-electron chi connectivity index (χ2n) is 30.4. The summed E-state index contributed by atoms with van der Waals surface area (Å²) in [6.45, 7) is 27.4. The summed E-state index contributed by atoms with van der Waals surface area (Å²) >= 11 is 1.79. The zero-order valence-electron chi connectivity index (χ0n) is 63.5. The lowest BCUT2D eigenvalue weighted by Gasteiger charge is -2.43. The zero-order chi connectivity index (χ0) is 71.4. The van der Waals surface area contributed by atoms with Gasteiger partial charge in [0.25, 0.3) is 0 Å². The van der Waals surface area contributed by atoms with Crippen molar-refractivity contribution in [2.75, 3.05) is 4.90 Å². The molecule has 0 spiro atoms. The number of hydrogen-bond acceptors (Lipinski definition) is 2. The van der Waals surface area contributed by atoms with Crippen LogP contribution in [0.2, 0.25) is 0 Å². The first-order chi connectivity index (χ1) is 48.5. The molecule has 3 aromatic heterocycles. The third kappa shape index (κ3) is 9.18. The highest BCUT2D eigenvalue weighted by molar-refractivity contribution is 7.26. The van der Waals surface area contributed by atoms with Gasteiger partial charge in [-0.05, 0) is 179 Å². The van der Waals surface area contributed by atoms with E-state index >= 15 is 0 Å². The molecular weight excluding hydrogens is 1160 g/mol. The number of para-hydroxylation sites is 2. The molecule has 15 aromatic rings.